The van der Waals surface area contributed by atoms with Gasteiger partial charge < -0.3 is 5.43 Å². The maximum atomic E-state index is 13.9. The Morgan fingerprint density at radius 2 is 1.32 bits per heavy atom. The minimum absolute atomic E-state index is 0.120. The summed E-state index contributed by atoms with van der Waals surface area (Å²) in [6.45, 7) is 4.04. The van der Waals surface area contributed by atoms with Crippen LogP contribution in [0, 0.1) is 18.6 Å². The molecule has 0 radical (unpaired) electrons. The Labute approximate surface area is 185 Å². The van der Waals surface area contributed by atoms with Crippen LogP contribution in [0.1, 0.15) is 28.3 Å². The molecule has 4 aromatic rings. The zero-order valence-electron chi connectivity index (χ0n) is 17.3. The standard InChI is InChI=1S/C25H22N4OS/c1-16-10-6-8-14-19(16)28-23-21(22(26-27-23)18-12-4-3-5-13-18)24(30)29(25(28)31)20-15-9-7-11-17(20)2/h3-15,22,26-27H,1-2H3. The maximum Gasteiger partial charge on any atom is 0.266 e. The first-order valence-electron chi connectivity index (χ1n) is 10.2. The second kappa shape index (κ2) is 7.65. The van der Waals surface area contributed by atoms with Gasteiger partial charge in [0.25, 0.3) is 5.56 Å². The van der Waals surface area contributed by atoms with Gasteiger partial charge in [0.05, 0.1) is 23.0 Å². The first kappa shape index (κ1) is 19.5. The summed E-state index contributed by atoms with van der Waals surface area (Å²) in [5.41, 5.74) is 11.9. The summed E-state index contributed by atoms with van der Waals surface area (Å²) in [5, 5.41) is 0. The number of aryl methyl sites for hydroxylation is 2. The first-order chi connectivity index (χ1) is 15.1. The van der Waals surface area contributed by atoms with Gasteiger partial charge in [-0.15, -0.1) is 0 Å². The van der Waals surface area contributed by atoms with Gasteiger partial charge in [-0.2, -0.15) is 0 Å². The molecule has 1 aromatic heterocycles. The normalized spacial score (nSPS) is 14.8. The summed E-state index contributed by atoms with van der Waals surface area (Å²) in [4.78, 5) is 13.9. The Hall–Kier alpha value is -3.48. The molecule has 5 nitrogen and oxygen atoms in total. The van der Waals surface area contributed by atoms with Crippen molar-refractivity contribution in [2.24, 2.45) is 0 Å². The topological polar surface area (TPSA) is 51.0 Å². The van der Waals surface area contributed by atoms with E-state index in [1.165, 1.54) is 0 Å². The molecule has 0 amide bonds. The van der Waals surface area contributed by atoms with Gasteiger partial charge in [0.2, 0.25) is 0 Å². The van der Waals surface area contributed by atoms with Crippen LogP contribution in [0.15, 0.2) is 83.7 Å². The van der Waals surface area contributed by atoms with Crippen LogP contribution in [0.5, 0.6) is 0 Å². The van der Waals surface area contributed by atoms with Crippen molar-refractivity contribution in [2.45, 2.75) is 19.9 Å². The molecule has 5 rings (SSSR count). The predicted molar refractivity (Wildman–Crippen MR) is 127 cm³/mol. The fraction of sp³-hybridized carbons (Fsp3) is 0.120. The molecule has 0 saturated carbocycles. The maximum absolute atomic E-state index is 13.9. The number of benzene rings is 3. The van der Waals surface area contributed by atoms with E-state index in [1.807, 2.05) is 97.3 Å². The molecule has 2 N–H and O–H groups in total. The molecule has 1 atom stereocenters. The van der Waals surface area contributed by atoms with Crippen LogP contribution in [0.3, 0.4) is 0 Å². The van der Waals surface area contributed by atoms with Crippen molar-refractivity contribution in [2.75, 3.05) is 5.43 Å². The molecule has 0 bridgehead atoms. The lowest BCUT2D eigenvalue weighted by atomic mass is 10.0. The Morgan fingerprint density at radius 3 is 1.94 bits per heavy atom. The fourth-order valence-corrected chi connectivity index (χ4v) is 4.55. The van der Waals surface area contributed by atoms with E-state index in [0.717, 1.165) is 28.1 Å². The van der Waals surface area contributed by atoms with E-state index in [1.54, 1.807) is 4.57 Å². The summed E-state index contributed by atoms with van der Waals surface area (Å²) < 4.78 is 4.04. The number of hydrogen-bond donors (Lipinski definition) is 2. The molecule has 0 aliphatic carbocycles. The number of fused-ring (bicyclic) bond motifs is 1. The van der Waals surface area contributed by atoms with E-state index in [2.05, 4.69) is 10.9 Å². The van der Waals surface area contributed by atoms with Crippen molar-refractivity contribution in [3.63, 3.8) is 0 Å². The van der Waals surface area contributed by atoms with Crippen LogP contribution in [0.25, 0.3) is 11.4 Å². The Kier molecular flexibility index (Phi) is 4.81. The lowest BCUT2D eigenvalue weighted by Crippen LogP contribution is -2.29. The summed E-state index contributed by atoms with van der Waals surface area (Å²) in [7, 11) is 0. The zero-order chi connectivity index (χ0) is 21.5. The highest BCUT2D eigenvalue weighted by atomic mass is 32.1. The van der Waals surface area contributed by atoms with Gasteiger partial charge in [-0.25, -0.2) is 5.43 Å². The van der Waals surface area contributed by atoms with Crippen LogP contribution >= 0.6 is 12.2 Å². The van der Waals surface area contributed by atoms with Gasteiger partial charge in [0.1, 0.15) is 5.82 Å². The van der Waals surface area contributed by atoms with Crippen molar-refractivity contribution in [3.05, 3.63) is 116 Å². The highest BCUT2D eigenvalue weighted by Gasteiger charge is 2.32. The number of nitrogens with one attached hydrogen (secondary N) is 2. The second-order valence-electron chi connectivity index (χ2n) is 7.71. The number of nitrogens with zero attached hydrogens (tertiary/aromatic N) is 2. The lowest BCUT2D eigenvalue weighted by Gasteiger charge is -2.20. The van der Waals surface area contributed by atoms with Crippen LogP contribution in [-0.2, 0) is 0 Å². The average Bonchev–Trinajstić information content (AvgIpc) is 3.22. The second-order valence-corrected chi connectivity index (χ2v) is 8.07. The van der Waals surface area contributed by atoms with E-state index in [9.17, 15) is 4.79 Å². The van der Waals surface area contributed by atoms with Crippen molar-refractivity contribution in [1.82, 2.24) is 14.6 Å². The van der Waals surface area contributed by atoms with Gasteiger partial charge >= 0.3 is 0 Å². The minimum Gasteiger partial charge on any atom is -0.305 e. The monoisotopic (exact) mass is 426 g/mol. The number of para-hydroxylation sites is 2. The summed E-state index contributed by atoms with van der Waals surface area (Å²) in [5.74, 6) is 0.683. The lowest BCUT2D eigenvalue weighted by molar-refractivity contribution is 0.715. The number of hydrogen-bond acceptors (Lipinski definition) is 4. The van der Waals surface area contributed by atoms with Gasteiger partial charge in [-0.1, -0.05) is 66.7 Å². The molecule has 0 saturated heterocycles. The molecule has 6 heteroatoms. The number of aromatic nitrogens is 2. The van der Waals surface area contributed by atoms with Crippen molar-refractivity contribution in [1.29, 1.82) is 0 Å². The SMILES string of the molecule is Cc1ccccc1-n1c2c(c(=O)n(-c3ccccc3C)c1=S)C(c1ccccc1)NN2. The van der Waals surface area contributed by atoms with Crippen molar-refractivity contribution < 1.29 is 0 Å². The Morgan fingerprint density at radius 1 is 0.774 bits per heavy atom. The first-order valence-corrected chi connectivity index (χ1v) is 10.6. The number of anilines is 1. The average molecular weight is 427 g/mol. The smallest absolute Gasteiger partial charge is 0.266 e. The Bertz CT molecular complexity index is 1410. The van der Waals surface area contributed by atoms with Gasteiger partial charge in [0.15, 0.2) is 4.77 Å². The highest BCUT2D eigenvalue weighted by molar-refractivity contribution is 7.71. The van der Waals surface area contributed by atoms with Gasteiger partial charge in [0, 0.05) is 0 Å². The molecule has 154 valence electrons. The molecule has 31 heavy (non-hydrogen) atoms. The van der Waals surface area contributed by atoms with Crippen LogP contribution in [-0.4, -0.2) is 9.13 Å². The third kappa shape index (κ3) is 3.12. The number of hydrazine groups is 1. The van der Waals surface area contributed by atoms with E-state index in [0.29, 0.717) is 16.2 Å². The molecule has 1 aliphatic rings. The van der Waals surface area contributed by atoms with Gasteiger partial charge in [-0.05, 0) is 54.9 Å². The predicted octanol–water partition coefficient (Wildman–Crippen LogP) is 4.99. The third-order valence-corrected chi connectivity index (χ3v) is 6.13. The van der Waals surface area contributed by atoms with Gasteiger partial charge in [-0.3, -0.25) is 13.9 Å². The van der Waals surface area contributed by atoms with Crippen molar-refractivity contribution in [3.8, 4) is 11.4 Å². The summed E-state index contributed by atoms with van der Waals surface area (Å²) in [6.07, 6.45) is 0. The summed E-state index contributed by atoms with van der Waals surface area (Å²) >= 11 is 5.92. The molecule has 2 heterocycles. The largest absolute Gasteiger partial charge is 0.305 e. The van der Waals surface area contributed by atoms with Crippen LogP contribution in [0.2, 0.25) is 0 Å². The van der Waals surface area contributed by atoms with Crippen LogP contribution < -0.4 is 16.4 Å². The molecular formula is C25H22N4OS. The van der Waals surface area contributed by atoms with Crippen molar-refractivity contribution >= 4 is 18.0 Å². The van der Waals surface area contributed by atoms with E-state index < -0.39 is 0 Å². The molecular weight excluding hydrogens is 404 g/mol. The third-order valence-electron chi connectivity index (χ3n) is 5.76. The van der Waals surface area contributed by atoms with E-state index in [-0.39, 0.29) is 11.6 Å². The Balaban J connectivity index is 1.90. The van der Waals surface area contributed by atoms with E-state index >= 15 is 0 Å². The molecule has 0 spiro atoms. The molecule has 1 aliphatic heterocycles. The quantitative estimate of drug-likeness (QED) is 0.453. The molecule has 1 unspecified atom stereocenters. The molecule has 0 fully saturated rings. The van der Waals surface area contributed by atoms with Crippen LogP contribution in [0.4, 0.5) is 5.82 Å². The highest BCUT2D eigenvalue weighted by Crippen LogP contribution is 2.33. The summed E-state index contributed by atoms with van der Waals surface area (Å²) in [6, 6.07) is 25.6. The molecule has 3 aromatic carbocycles. The van der Waals surface area contributed by atoms with E-state index in [4.69, 9.17) is 12.2 Å². The minimum atomic E-state index is -0.287. The zero-order valence-corrected chi connectivity index (χ0v) is 18.1. The number of rotatable bonds is 3. The fourth-order valence-electron chi connectivity index (χ4n) is 4.18.